The molecule has 130 valence electrons. The monoisotopic (exact) mass is 377 g/mol. The minimum Gasteiger partial charge on any atom is -0.326 e. The number of nitrogens with one attached hydrogen (secondary N) is 2. The van der Waals surface area contributed by atoms with Crippen LogP contribution in [0.1, 0.15) is 24.0 Å². The molecule has 0 atom stereocenters. The van der Waals surface area contributed by atoms with Gasteiger partial charge in [0.25, 0.3) is 0 Å². The van der Waals surface area contributed by atoms with Crippen LogP contribution in [0.25, 0.3) is 0 Å². The Kier molecular flexibility index (Phi) is 6.98. The van der Waals surface area contributed by atoms with Crippen LogP contribution in [0.15, 0.2) is 47.6 Å². The highest BCUT2D eigenvalue weighted by Crippen LogP contribution is 2.23. The quantitative estimate of drug-likeness (QED) is 0.585. The summed E-state index contributed by atoms with van der Waals surface area (Å²) in [6.07, 6.45) is 1.56. The highest BCUT2D eigenvalue weighted by molar-refractivity contribution is 6.31. The second-order valence-corrected chi connectivity index (χ2v) is 6.15. The summed E-state index contributed by atoms with van der Waals surface area (Å²) in [7, 11) is 0. The molecule has 2 amide bonds. The SMILES string of the molecule is Cc1c(Cl)cccc1NC(=O)CCC(=O)NN=Cc1cccc(Cl)c1. The van der Waals surface area contributed by atoms with Crippen molar-refractivity contribution in [2.45, 2.75) is 19.8 Å². The fraction of sp³-hybridized carbons (Fsp3) is 0.167. The van der Waals surface area contributed by atoms with E-state index in [1.54, 1.807) is 36.4 Å². The number of hydrazone groups is 1. The lowest BCUT2D eigenvalue weighted by atomic mass is 10.2. The maximum Gasteiger partial charge on any atom is 0.240 e. The largest absolute Gasteiger partial charge is 0.326 e. The van der Waals surface area contributed by atoms with E-state index < -0.39 is 0 Å². The molecule has 2 aromatic rings. The second kappa shape index (κ2) is 9.20. The molecule has 2 N–H and O–H groups in total. The lowest BCUT2D eigenvalue weighted by molar-refractivity contribution is -0.124. The van der Waals surface area contributed by atoms with Crippen LogP contribution in [-0.2, 0) is 9.59 Å². The minimum absolute atomic E-state index is 0.0261. The molecule has 0 fully saturated rings. The fourth-order valence-corrected chi connectivity index (χ4v) is 2.38. The van der Waals surface area contributed by atoms with Crippen molar-refractivity contribution in [3.8, 4) is 0 Å². The van der Waals surface area contributed by atoms with Crippen molar-refractivity contribution in [2.75, 3.05) is 5.32 Å². The van der Waals surface area contributed by atoms with Gasteiger partial charge in [0.15, 0.2) is 0 Å². The van der Waals surface area contributed by atoms with Gasteiger partial charge in [0.05, 0.1) is 6.21 Å². The topological polar surface area (TPSA) is 70.6 Å². The van der Waals surface area contributed by atoms with Crippen molar-refractivity contribution in [1.29, 1.82) is 0 Å². The number of nitrogens with zero attached hydrogens (tertiary/aromatic N) is 1. The zero-order valence-corrected chi connectivity index (χ0v) is 15.1. The van der Waals surface area contributed by atoms with Gasteiger partial charge in [0, 0.05) is 28.6 Å². The van der Waals surface area contributed by atoms with Gasteiger partial charge in [-0.15, -0.1) is 0 Å². The first kappa shape index (κ1) is 19.0. The summed E-state index contributed by atoms with van der Waals surface area (Å²) in [5.74, 6) is -0.615. The Balaban J connectivity index is 1.77. The number of hydrogen-bond acceptors (Lipinski definition) is 3. The highest BCUT2D eigenvalue weighted by Gasteiger charge is 2.09. The van der Waals surface area contributed by atoms with Gasteiger partial charge in [0.1, 0.15) is 0 Å². The average Bonchev–Trinajstić information content (AvgIpc) is 2.57. The van der Waals surface area contributed by atoms with Gasteiger partial charge in [-0.05, 0) is 42.3 Å². The lowest BCUT2D eigenvalue weighted by Crippen LogP contribution is -2.20. The van der Waals surface area contributed by atoms with Crippen LogP contribution in [0.4, 0.5) is 5.69 Å². The number of amides is 2. The molecule has 0 unspecified atom stereocenters. The first-order chi connectivity index (χ1) is 12.0. The second-order valence-electron chi connectivity index (χ2n) is 5.31. The number of rotatable bonds is 6. The third-order valence-electron chi connectivity index (χ3n) is 3.37. The molecule has 2 rings (SSSR count). The standard InChI is InChI=1S/C18H17Cl2N3O2/c1-12-15(20)6-3-7-16(12)22-17(24)8-9-18(25)23-21-11-13-4-2-5-14(19)10-13/h2-7,10-11H,8-9H2,1H3,(H,22,24)(H,23,25). The molecule has 25 heavy (non-hydrogen) atoms. The summed E-state index contributed by atoms with van der Waals surface area (Å²) < 4.78 is 0. The van der Waals surface area contributed by atoms with Crippen LogP contribution in [-0.4, -0.2) is 18.0 Å². The Morgan fingerprint density at radius 2 is 1.80 bits per heavy atom. The van der Waals surface area contributed by atoms with Gasteiger partial charge in [0.2, 0.25) is 11.8 Å². The van der Waals surface area contributed by atoms with E-state index >= 15 is 0 Å². The zero-order valence-electron chi connectivity index (χ0n) is 13.6. The summed E-state index contributed by atoms with van der Waals surface area (Å²) in [5.41, 5.74) is 4.56. The van der Waals surface area contributed by atoms with Crippen LogP contribution in [0.3, 0.4) is 0 Å². The van der Waals surface area contributed by atoms with Crippen LogP contribution in [0.2, 0.25) is 10.0 Å². The van der Waals surface area contributed by atoms with Crippen molar-refractivity contribution in [3.05, 3.63) is 63.6 Å². The van der Waals surface area contributed by atoms with Gasteiger partial charge in [-0.2, -0.15) is 5.10 Å². The van der Waals surface area contributed by atoms with Gasteiger partial charge >= 0.3 is 0 Å². The molecule has 0 aliphatic heterocycles. The minimum atomic E-state index is -0.351. The highest BCUT2D eigenvalue weighted by atomic mass is 35.5. The Morgan fingerprint density at radius 1 is 1.08 bits per heavy atom. The number of carbonyl (C=O) groups is 2. The van der Waals surface area contributed by atoms with Crippen molar-refractivity contribution in [1.82, 2.24) is 5.43 Å². The smallest absolute Gasteiger partial charge is 0.240 e. The molecule has 0 aliphatic carbocycles. The number of halogens is 2. The number of hydrogen-bond donors (Lipinski definition) is 2. The molecule has 0 aromatic heterocycles. The third kappa shape index (κ3) is 6.21. The van der Waals surface area contributed by atoms with E-state index in [9.17, 15) is 9.59 Å². The van der Waals surface area contributed by atoms with Gasteiger partial charge in [-0.25, -0.2) is 5.43 Å². The van der Waals surface area contributed by atoms with Gasteiger partial charge < -0.3 is 5.32 Å². The molecular formula is C18H17Cl2N3O2. The maximum atomic E-state index is 11.9. The van der Waals surface area contributed by atoms with E-state index in [-0.39, 0.29) is 24.7 Å². The van der Waals surface area contributed by atoms with Crippen LogP contribution in [0.5, 0.6) is 0 Å². The Morgan fingerprint density at radius 3 is 2.56 bits per heavy atom. The van der Waals surface area contributed by atoms with E-state index in [1.807, 2.05) is 13.0 Å². The van der Waals surface area contributed by atoms with Gasteiger partial charge in [-0.1, -0.05) is 41.4 Å². The summed E-state index contributed by atoms with van der Waals surface area (Å²) in [4.78, 5) is 23.7. The molecule has 0 spiro atoms. The Hall–Kier alpha value is -2.37. The van der Waals surface area contributed by atoms with Crippen LogP contribution in [0, 0.1) is 6.92 Å². The summed E-state index contributed by atoms with van der Waals surface area (Å²) in [5, 5.41) is 7.74. The van der Waals surface area contributed by atoms with Crippen molar-refractivity contribution in [3.63, 3.8) is 0 Å². The predicted molar refractivity (Wildman–Crippen MR) is 101 cm³/mol. The molecule has 5 nitrogen and oxygen atoms in total. The predicted octanol–water partition coefficient (Wildman–Crippen LogP) is 4.17. The molecule has 0 aliphatic rings. The summed E-state index contributed by atoms with van der Waals surface area (Å²) in [6.45, 7) is 1.81. The summed E-state index contributed by atoms with van der Waals surface area (Å²) >= 11 is 11.9. The average molecular weight is 378 g/mol. The fourth-order valence-electron chi connectivity index (χ4n) is 2.00. The molecule has 0 saturated carbocycles. The number of carbonyl (C=O) groups excluding carboxylic acids is 2. The van der Waals surface area contributed by atoms with E-state index in [1.165, 1.54) is 6.21 Å². The van der Waals surface area contributed by atoms with Crippen LogP contribution >= 0.6 is 23.2 Å². The van der Waals surface area contributed by atoms with E-state index in [2.05, 4.69) is 15.8 Å². The summed E-state index contributed by atoms with van der Waals surface area (Å²) in [6, 6.07) is 12.3. The lowest BCUT2D eigenvalue weighted by Gasteiger charge is -2.09. The van der Waals surface area contributed by atoms with E-state index in [0.29, 0.717) is 15.7 Å². The van der Waals surface area contributed by atoms with Crippen LogP contribution < -0.4 is 10.7 Å². The number of benzene rings is 2. The first-order valence-electron chi connectivity index (χ1n) is 7.58. The van der Waals surface area contributed by atoms with Crippen molar-refractivity contribution < 1.29 is 9.59 Å². The number of anilines is 1. The molecule has 0 heterocycles. The Bertz CT molecular complexity index is 807. The van der Waals surface area contributed by atoms with Crippen molar-refractivity contribution in [2.24, 2.45) is 5.10 Å². The molecule has 2 aromatic carbocycles. The normalized spacial score (nSPS) is 10.7. The van der Waals surface area contributed by atoms with E-state index in [0.717, 1.165) is 11.1 Å². The van der Waals surface area contributed by atoms with Crippen molar-refractivity contribution >= 4 is 46.9 Å². The third-order valence-corrected chi connectivity index (χ3v) is 4.02. The van der Waals surface area contributed by atoms with E-state index in [4.69, 9.17) is 23.2 Å². The first-order valence-corrected chi connectivity index (χ1v) is 8.34. The molecule has 0 bridgehead atoms. The molecular weight excluding hydrogens is 361 g/mol. The molecule has 0 radical (unpaired) electrons. The molecule has 7 heteroatoms. The maximum absolute atomic E-state index is 11.9. The van der Waals surface area contributed by atoms with Gasteiger partial charge in [-0.3, -0.25) is 9.59 Å². The zero-order chi connectivity index (χ0) is 18.2. The Labute approximate surface area is 156 Å². The molecule has 0 saturated heterocycles.